The maximum absolute atomic E-state index is 13.1. The Hall–Kier alpha value is -1.35. The summed E-state index contributed by atoms with van der Waals surface area (Å²) in [4.78, 5) is 15.4. The fraction of sp³-hybridized carbons (Fsp3) is 0.611. The van der Waals surface area contributed by atoms with E-state index in [0.29, 0.717) is 18.0 Å². The van der Waals surface area contributed by atoms with Gasteiger partial charge in [0.1, 0.15) is 0 Å². The first-order valence-corrected chi connectivity index (χ1v) is 8.45. The summed E-state index contributed by atoms with van der Waals surface area (Å²) < 4.78 is 0. The van der Waals surface area contributed by atoms with Crippen LogP contribution in [-0.4, -0.2) is 29.9 Å². The highest BCUT2D eigenvalue weighted by atomic mass is 16.2. The molecule has 3 heteroatoms. The Morgan fingerprint density at radius 1 is 1.05 bits per heavy atom. The highest BCUT2D eigenvalue weighted by Gasteiger charge is 2.42. The van der Waals surface area contributed by atoms with Crippen LogP contribution in [0.25, 0.3) is 0 Å². The number of hydrogen-bond donors (Lipinski definition) is 1. The zero-order chi connectivity index (χ0) is 14.2. The minimum Gasteiger partial charge on any atom is -0.332 e. The topological polar surface area (TPSA) is 32.3 Å². The third-order valence-corrected chi connectivity index (χ3v) is 5.32. The molecule has 1 aromatic carbocycles. The van der Waals surface area contributed by atoms with E-state index in [2.05, 4.69) is 34.5 Å². The van der Waals surface area contributed by atoms with E-state index in [1.807, 2.05) is 0 Å². The molecule has 112 valence electrons. The van der Waals surface area contributed by atoms with Crippen molar-refractivity contribution in [3.63, 3.8) is 0 Å². The molecule has 1 amide bonds. The third-order valence-electron chi connectivity index (χ3n) is 5.32. The number of carbonyl (C=O) groups excluding carboxylic acids is 1. The largest absolute Gasteiger partial charge is 0.332 e. The number of carbonyl (C=O) groups is 1. The number of aryl methyl sites for hydroxylation is 1. The van der Waals surface area contributed by atoms with Crippen molar-refractivity contribution in [3.8, 4) is 0 Å². The van der Waals surface area contributed by atoms with Crippen LogP contribution >= 0.6 is 0 Å². The van der Waals surface area contributed by atoms with Gasteiger partial charge in [-0.05, 0) is 62.7 Å². The van der Waals surface area contributed by atoms with Crippen LogP contribution in [0.2, 0.25) is 0 Å². The van der Waals surface area contributed by atoms with E-state index in [-0.39, 0.29) is 5.92 Å². The van der Waals surface area contributed by atoms with Crippen molar-refractivity contribution in [2.75, 3.05) is 13.1 Å². The first-order valence-electron chi connectivity index (χ1n) is 8.45. The normalized spacial score (nSPS) is 25.6. The molecule has 1 saturated carbocycles. The molecule has 21 heavy (non-hydrogen) atoms. The maximum atomic E-state index is 13.1. The molecule has 1 N–H and O–H groups in total. The minimum atomic E-state index is 0.250. The second-order valence-corrected chi connectivity index (χ2v) is 6.75. The van der Waals surface area contributed by atoms with Gasteiger partial charge in [0.05, 0.1) is 6.04 Å². The van der Waals surface area contributed by atoms with Crippen LogP contribution in [0.4, 0.5) is 0 Å². The highest BCUT2D eigenvalue weighted by molar-refractivity contribution is 5.80. The quantitative estimate of drug-likeness (QED) is 0.925. The summed E-state index contributed by atoms with van der Waals surface area (Å²) in [6.45, 7) is 1.99. The van der Waals surface area contributed by atoms with Crippen molar-refractivity contribution in [2.45, 2.75) is 50.6 Å². The molecule has 1 aromatic rings. The zero-order valence-electron chi connectivity index (χ0n) is 12.6. The van der Waals surface area contributed by atoms with E-state index in [0.717, 1.165) is 38.8 Å². The van der Waals surface area contributed by atoms with Crippen LogP contribution in [-0.2, 0) is 11.2 Å². The molecule has 3 nitrogen and oxygen atoms in total. The number of rotatable bonds is 3. The Morgan fingerprint density at radius 3 is 2.57 bits per heavy atom. The first-order chi connectivity index (χ1) is 10.3. The number of amides is 1. The summed E-state index contributed by atoms with van der Waals surface area (Å²) in [5, 5.41) is 3.37. The van der Waals surface area contributed by atoms with Gasteiger partial charge in [-0.1, -0.05) is 24.3 Å². The third kappa shape index (κ3) is 2.48. The van der Waals surface area contributed by atoms with E-state index in [9.17, 15) is 4.79 Å². The lowest BCUT2D eigenvalue weighted by Crippen LogP contribution is -2.43. The summed E-state index contributed by atoms with van der Waals surface area (Å²) in [7, 11) is 0. The van der Waals surface area contributed by atoms with Crippen molar-refractivity contribution in [3.05, 3.63) is 35.4 Å². The number of nitrogens with one attached hydrogen (secondary N) is 1. The van der Waals surface area contributed by atoms with Crippen molar-refractivity contribution in [2.24, 2.45) is 5.92 Å². The molecule has 0 bridgehead atoms. The van der Waals surface area contributed by atoms with E-state index in [4.69, 9.17) is 0 Å². The molecule has 1 heterocycles. The zero-order valence-corrected chi connectivity index (χ0v) is 12.6. The van der Waals surface area contributed by atoms with Gasteiger partial charge in [-0.3, -0.25) is 4.79 Å². The second-order valence-electron chi connectivity index (χ2n) is 6.75. The number of fused-ring (bicyclic) bond motifs is 1. The Kier molecular flexibility index (Phi) is 3.46. The predicted molar refractivity (Wildman–Crippen MR) is 83.0 cm³/mol. The Bertz CT molecular complexity index is 532. The molecular formula is C18H24N2O. The molecule has 0 spiro atoms. The molecule has 1 aliphatic heterocycles. The average molecular weight is 284 g/mol. The van der Waals surface area contributed by atoms with Crippen LogP contribution in [0.3, 0.4) is 0 Å². The Morgan fingerprint density at radius 2 is 1.81 bits per heavy atom. The molecule has 2 fully saturated rings. The van der Waals surface area contributed by atoms with Crippen molar-refractivity contribution >= 4 is 5.91 Å². The molecule has 0 radical (unpaired) electrons. The molecule has 1 atom stereocenters. The summed E-state index contributed by atoms with van der Waals surface area (Å²) >= 11 is 0. The van der Waals surface area contributed by atoms with Gasteiger partial charge in [0.15, 0.2) is 0 Å². The van der Waals surface area contributed by atoms with Crippen LogP contribution in [0.5, 0.6) is 0 Å². The SMILES string of the molecule is O=C(C1CCNCC1)N(C1CC1)C1CCc2ccccc21. The lowest BCUT2D eigenvalue weighted by molar-refractivity contribution is -0.139. The Balaban J connectivity index is 1.59. The van der Waals surface area contributed by atoms with Crippen LogP contribution in [0.15, 0.2) is 24.3 Å². The van der Waals surface area contributed by atoms with Crippen molar-refractivity contribution in [1.82, 2.24) is 10.2 Å². The van der Waals surface area contributed by atoms with E-state index < -0.39 is 0 Å². The van der Waals surface area contributed by atoms with Crippen LogP contribution in [0, 0.1) is 5.92 Å². The molecule has 3 aliphatic rings. The molecule has 0 aromatic heterocycles. The van der Waals surface area contributed by atoms with Gasteiger partial charge in [0.2, 0.25) is 5.91 Å². The van der Waals surface area contributed by atoms with E-state index >= 15 is 0 Å². The predicted octanol–water partition coefficient (Wildman–Crippen LogP) is 2.66. The summed E-state index contributed by atoms with van der Waals surface area (Å²) in [5.74, 6) is 0.681. The number of piperidine rings is 1. The van der Waals surface area contributed by atoms with E-state index in [1.54, 1.807) is 0 Å². The fourth-order valence-corrected chi connectivity index (χ4v) is 4.04. The molecular weight excluding hydrogens is 260 g/mol. The van der Waals surface area contributed by atoms with Gasteiger partial charge in [-0.2, -0.15) is 0 Å². The van der Waals surface area contributed by atoms with Gasteiger partial charge in [-0.25, -0.2) is 0 Å². The fourth-order valence-electron chi connectivity index (χ4n) is 4.04. The average Bonchev–Trinajstić information content (AvgIpc) is 3.29. The number of benzene rings is 1. The summed E-state index contributed by atoms with van der Waals surface area (Å²) in [5.41, 5.74) is 2.86. The smallest absolute Gasteiger partial charge is 0.226 e. The first kappa shape index (κ1) is 13.3. The standard InChI is InChI=1S/C18H24N2O/c21-18(14-9-11-19-12-10-14)20(15-6-7-15)17-8-5-13-3-1-2-4-16(13)17/h1-4,14-15,17,19H,5-12H2. The molecule has 1 saturated heterocycles. The van der Waals surface area contributed by atoms with Crippen LogP contribution < -0.4 is 5.32 Å². The second kappa shape index (κ2) is 5.45. The molecule has 2 aliphatic carbocycles. The monoisotopic (exact) mass is 284 g/mol. The van der Waals surface area contributed by atoms with Crippen LogP contribution in [0.1, 0.15) is 49.3 Å². The van der Waals surface area contributed by atoms with Crippen molar-refractivity contribution < 1.29 is 4.79 Å². The van der Waals surface area contributed by atoms with Gasteiger partial charge < -0.3 is 10.2 Å². The van der Waals surface area contributed by atoms with Gasteiger partial charge in [0, 0.05) is 12.0 Å². The summed E-state index contributed by atoms with van der Waals surface area (Å²) in [6, 6.07) is 9.57. The minimum absolute atomic E-state index is 0.250. The van der Waals surface area contributed by atoms with Gasteiger partial charge >= 0.3 is 0 Å². The van der Waals surface area contributed by atoms with Crippen molar-refractivity contribution in [1.29, 1.82) is 0 Å². The number of hydrogen-bond acceptors (Lipinski definition) is 2. The highest BCUT2D eigenvalue weighted by Crippen LogP contribution is 2.43. The number of nitrogens with zero attached hydrogens (tertiary/aromatic N) is 1. The maximum Gasteiger partial charge on any atom is 0.226 e. The molecule has 4 rings (SSSR count). The molecule has 1 unspecified atom stereocenters. The summed E-state index contributed by atoms with van der Waals surface area (Å²) in [6.07, 6.45) is 6.67. The van der Waals surface area contributed by atoms with E-state index in [1.165, 1.54) is 24.0 Å². The van der Waals surface area contributed by atoms with Gasteiger partial charge in [0.25, 0.3) is 0 Å². The lowest BCUT2D eigenvalue weighted by atomic mass is 9.95. The Labute approximate surface area is 126 Å². The van der Waals surface area contributed by atoms with Gasteiger partial charge in [-0.15, -0.1) is 0 Å². The lowest BCUT2D eigenvalue weighted by Gasteiger charge is -2.34.